The van der Waals surface area contributed by atoms with Crippen LogP contribution in [-0.4, -0.2) is 54.8 Å². The summed E-state index contributed by atoms with van der Waals surface area (Å²) in [4.78, 5) is 42.0. The molecule has 0 unspecified atom stereocenters. The Balaban J connectivity index is 1.60. The van der Waals surface area contributed by atoms with Crippen molar-refractivity contribution in [3.8, 4) is 5.75 Å². The third-order valence-corrected chi connectivity index (χ3v) is 6.94. The van der Waals surface area contributed by atoms with Crippen LogP contribution in [0.3, 0.4) is 0 Å². The summed E-state index contributed by atoms with van der Waals surface area (Å²) < 4.78 is 36.4. The van der Waals surface area contributed by atoms with Gasteiger partial charge in [0.15, 0.2) is 0 Å². The normalized spacial score (nSPS) is 15.0. The first-order chi connectivity index (χ1) is 19.7. The van der Waals surface area contributed by atoms with Gasteiger partial charge in [-0.1, -0.05) is 30.3 Å². The average Bonchev–Trinajstić information content (AvgIpc) is 3.08. The molecule has 1 heterocycles. The fourth-order valence-corrected chi connectivity index (χ4v) is 4.77. The molecule has 0 aromatic heterocycles. The lowest BCUT2D eigenvalue weighted by molar-refractivity contribution is -0.125. The lowest BCUT2D eigenvalue weighted by Crippen LogP contribution is -2.33. The number of allylic oxidation sites excluding steroid dienone is 1. The number of carbonyl (C=O) groups is 3. The zero-order valence-electron chi connectivity index (χ0n) is 23.3. The fraction of sp³-hybridized carbons (Fsp3) is 0.281. The predicted molar refractivity (Wildman–Crippen MR) is 156 cm³/mol. The molecule has 0 fully saturated rings. The largest absolute Gasteiger partial charge is 0.493 e. The molecule has 1 aliphatic rings. The Morgan fingerprint density at radius 1 is 0.951 bits per heavy atom. The van der Waals surface area contributed by atoms with Gasteiger partial charge >= 0.3 is 0 Å². The molecule has 0 saturated carbocycles. The minimum Gasteiger partial charge on any atom is -0.493 e. The van der Waals surface area contributed by atoms with Crippen LogP contribution in [0.4, 0.5) is 20.2 Å². The molecule has 4 rings (SSSR count). The van der Waals surface area contributed by atoms with Crippen molar-refractivity contribution in [3.05, 3.63) is 95.6 Å². The number of hydrogen-bond acceptors (Lipinski definition) is 4. The maximum Gasteiger partial charge on any atom is 0.275 e. The second-order valence-electron chi connectivity index (χ2n) is 9.46. The summed E-state index contributed by atoms with van der Waals surface area (Å²) in [7, 11) is 0. The number of nitrogens with one attached hydrogen (secondary N) is 1. The Morgan fingerprint density at radius 2 is 1.61 bits per heavy atom. The van der Waals surface area contributed by atoms with Crippen molar-refractivity contribution in [2.75, 3.05) is 36.5 Å². The zero-order valence-corrected chi connectivity index (χ0v) is 23.3. The highest BCUT2D eigenvalue weighted by Crippen LogP contribution is 2.43. The van der Waals surface area contributed by atoms with Gasteiger partial charge in [0.1, 0.15) is 5.75 Å². The summed E-state index contributed by atoms with van der Waals surface area (Å²) in [5.74, 6) is -4.19. The second kappa shape index (κ2) is 12.8. The van der Waals surface area contributed by atoms with E-state index in [-0.39, 0.29) is 23.6 Å². The van der Waals surface area contributed by atoms with Crippen LogP contribution in [0.2, 0.25) is 0 Å². The lowest BCUT2D eigenvalue weighted by Gasteiger charge is -2.23. The SMILES string of the molecule is CCOc1ccccc1C(=O)Nc1ccc(C(=O)N2CCC(F)(F)/C(=C\C(=O)N(CC)CC)c3ccccc32)cc1. The molecule has 41 heavy (non-hydrogen) atoms. The predicted octanol–water partition coefficient (Wildman–Crippen LogP) is 6.28. The van der Waals surface area contributed by atoms with Crippen molar-refractivity contribution >= 4 is 34.7 Å². The molecule has 0 atom stereocenters. The highest BCUT2D eigenvalue weighted by Gasteiger charge is 2.41. The summed E-state index contributed by atoms with van der Waals surface area (Å²) >= 11 is 0. The van der Waals surface area contributed by atoms with Crippen molar-refractivity contribution in [1.29, 1.82) is 0 Å². The van der Waals surface area contributed by atoms with Gasteiger partial charge in [0.25, 0.3) is 17.7 Å². The quantitative estimate of drug-likeness (QED) is 0.329. The number of ether oxygens (including phenoxy) is 1. The molecule has 0 spiro atoms. The second-order valence-corrected chi connectivity index (χ2v) is 9.46. The first-order valence-electron chi connectivity index (χ1n) is 13.6. The molecular weight excluding hydrogens is 528 g/mol. The Morgan fingerprint density at radius 3 is 2.29 bits per heavy atom. The van der Waals surface area contributed by atoms with E-state index in [4.69, 9.17) is 4.74 Å². The van der Waals surface area contributed by atoms with E-state index < -0.39 is 29.7 Å². The number of likely N-dealkylation sites (N-methyl/N-ethyl adjacent to an activating group) is 1. The number of nitrogens with zero attached hydrogens (tertiary/aromatic N) is 2. The van der Waals surface area contributed by atoms with Crippen LogP contribution in [0.5, 0.6) is 5.75 Å². The zero-order chi connectivity index (χ0) is 29.6. The maximum absolute atomic E-state index is 15.4. The van der Waals surface area contributed by atoms with Crippen LogP contribution >= 0.6 is 0 Å². The molecule has 1 N–H and O–H groups in total. The van der Waals surface area contributed by atoms with Gasteiger partial charge in [0.05, 0.1) is 17.9 Å². The molecule has 3 amide bonds. The minimum absolute atomic E-state index is 0.140. The number of halogens is 2. The minimum atomic E-state index is -3.32. The van der Waals surface area contributed by atoms with Gasteiger partial charge in [-0.15, -0.1) is 0 Å². The number of carbonyl (C=O) groups excluding carboxylic acids is 3. The van der Waals surface area contributed by atoms with Gasteiger partial charge < -0.3 is 19.9 Å². The molecule has 3 aromatic carbocycles. The Kier molecular flexibility index (Phi) is 9.17. The maximum atomic E-state index is 15.4. The Hall–Kier alpha value is -4.53. The summed E-state index contributed by atoms with van der Waals surface area (Å²) in [5.41, 5.74) is 1.15. The van der Waals surface area contributed by atoms with Crippen molar-refractivity contribution in [2.45, 2.75) is 33.1 Å². The van der Waals surface area contributed by atoms with Gasteiger partial charge in [-0.25, -0.2) is 8.78 Å². The molecular formula is C32H33F2N3O4. The van der Waals surface area contributed by atoms with E-state index in [2.05, 4.69) is 5.32 Å². The van der Waals surface area contributed by atoms with Crippen molar-refractivity contribution in [1.82, 2.24) is 4.90 Å². The van der Waals surface area contributed by atoms with E-state index in [9.17, 15) is 14.4 Å². The molecule has 0 radical (unpaired) electrons. The number of amides is 3. The number of fused-ring (bicyclic) bond motifs is 1. The van der Waals surface area contributed by atoms with Gasteiger partial charge in [0, 0.05) is 54.5 Å². The molecule has 0 aliphatic carbocycles. The van der Waals surface area contributed by atoms with Crippen molar-refractivity contribution in [3.63, 3.8) is 0 Å². The van der Waals surface area contributed by atoms with Crippen LogP contribution in [0.15, 0.2) is 78.9 Å². The first-order valence-corrected chi connectivity index (χ1v) is 13.6. The van der Waals surface area contributed by atoms with E-state index in [0.29, 0.717) is 42.4 Å². The standard InChI is InChI=1S/C32H33F2N3O4/c1-4-36(5-2)29(38)21-26-24-11-7-9-13-27(24)37(20-19-32(26,33)34)31(40)22-15-17-23(18-16-22)35-30(39)25-12-8-10-14-28(25)41-6-3/h7-18,21H,4-6,19-20H2,1-3H3,(H,35,39)/b26-21-. The van der Waals surface area contributed by atoms with Crippen LogP contribution in [0.1, 0.15) is 53.5 Å². The number of para-hydroxylation sites is 2. The monoisotopic (exact) mass is 561 g/mol. The van der Waals surface area contributed by atoms with Gasteiger partial charge in [-0.2, -0.15) is 0 Å². The third-order valence-electron chi connectivity index (χ3n) is 6.94. The third kappa shape index (κ3) is 6.45. The van der Waals surface area contributed by atoms with Crippen molar-refractivity contribution < 1.29 is 27.9 Å². The van der Waals surface area contributed by atoms with Crippen LogP contribution in [0.25, 0.3) is 5.57 Å². The number of benzene rings is 3. The van der Waals surface area contributed by atoms with E-state index in [1.807, 2.05) is 6.92 Å². The number of hydrogen-bond donors (Lipinski definition) is 1. The van der Waals surface area contributed by atoms with Gasteiger partial charge in [0.2, 0.25) is 5.91 Å². The molecule has 1 aliphatic heterocycles. The highest BCUT2D eigenvalue weighted by molar-refractivity contribution is 6.10. The average molecular weight is 562 g/mol. The smallest absolute Gasteiger partial charge is 0.275 e. The number of rotatable bonds is 8. The van der Waals surface area contributed by atoms with Crippen LogP contribution < -0.4 is 15.0 Å². The van der Waals surface area contributed by atoms with Crippen LogP contribution in [-0.2, 0) is 4.79 Å². The molecule has 214 valence electrons. The molecule has 0 bridgehead atoms. The summed E-state index contributed by atoms with van der Waals surface area (Å²) in [5, 5.41) is 2.80. The highest BCUT2D eigenvalue weighted by atomic mass is 19.3. The molecule has 9 heteroatoms. The lowest BCUT2D eigenvalue weighted by atomic mass is 9.96. The van der Waals surface area contributed by atoms with Gasteiger partial charge in [-0.05, 0) is 63.2 Å². The summed E-state index contributed by atoms with van der Waals surface area (Å²) in [6.07, 6.45) is 0.360. The van der Waals surface area contributed by atoms with E-state index in [1.54, 1.807) is 80.6 Å². The number of anilines is 2. The molecule has 3 aromatic rings. The van der Waals surface area contributed by atoms with E-state index >= 15 is 8.78 Å². The Labute approximate surface area is 238 Å². The fourth-order valence-electron chi connectivity index (χ4n) is 4.77. The topological polar surface area (TPSA) is 79.0 Å². The van der Waals surface area contributed by atoms with Crippen LogP contribution in [0, 0.1) is 0 Å². The Bertz CT molecular complexity index is 1450. The first kappa shape index (κ1) is 29.5. The molecule has 7 nitrogen and oxygen atoms in total. The number of alkyl halides is 2. The van der Waals surface area contributed by atoms with Gasteiger partial charge in [-0.3, -0.25) is 14.4 Å². The summed E-state index contributed by atoms with van der Waals surface area (Å²) in [6, 6.07) is 19.5. The van der Waals surface area contributed by atoms with Crippen molar-refractivity contribution in [2.24, 2.45) is 0 Å². The van der Waals surface area contributed by atoms with E-state index in [1.165, 1.54) is 15.9 Å². The van der Waals surface area contributed by atoms with E-state index in [0.717, 1.165) is 6.08 Å². The summed E-state index contributed by atoms with van der Waals surface area (Å²) in [6.45, 7) is 6.37. The molecule has 0 saturated heterocycles.